The molecule has 1 N–H and O–H groups in total. The summed E-state index contributed by atoms with van der Waals surface area (Å²) in [4.78, 5) is 12.3. The molecule has 3 nitrogen and oxygen atoms in total. The predicted molar refractivity (Wildman–Crippen MR) is 90.7 cm³/mol. The first-order valence-corrected chi connectivity index (χ1v) is 9.28. The van der Waals surface area contributed by atoms with Crippen molar-refractivity contribution in [3.8, 4) is 0 Å². The second kappa shape index (κ2) is 9.21. The first-order chi connectivity index (χ1) is 10.7. The van der Waals surface area contributed by atoms with Gasteiger partial charge in [-0.05, 0) is 43.2 Å². The van der Waals surface area contributed by atoms with Crippen LogP contribution in [0, 0.1) is 0 Å². The van der Waals surface area contributed by atoms with Crippen molar-refractivity contribution < 1.29 is 14.6 Å². The molecule has 0 heterocycles. The first kappa shape index (κ1) is 17.4. The molecule has 0 radical (unpaired) electrons. The van der Waals surface area contributed by atoms with Crippen LogP contribution in [-0.2, 0) is 21.9 Å². The van der Waals surface area contributed by atoms with Crippen molar-refractivity contribution in [2.24, 2.45) is 0 Å². The molecule has 0 bridgehead atoms. The van der Waals surface area contributed by atoms with Crippen molar-refractivity contribution >= 4 is 17.7 Å². The van der Waals surface area contributed by atoms with E-state index in [1.165, 1.54) is 19.3 Å². The monoisotopic (exact) mass is 322 g/mol. The number of rotatable bonds is 7. The molecule has 1 fully saturated rings. The molecule has 22 heavy (non-hydrogen) atoms. The van der Waals surface area contributed by atoms with E-state index >= 15 is 0 Å². The SMILES string of the molecule is CCC(SCc1cccc(CO)c1)C(=O)OC1CCCCC1. The van der Waals surface area contributed by atoms with E-state index in [2.05, 4.69) is 0 Å². The standard InChI is InChI=1S/C18H26O3S/c1-2-17(18(20)21-16-9-4-3-5-10-16)22-13-15-8-6-7-14(11-15)12-19/h6-8,11,16-17,19H,2-5,9-10,12-13H2,1H3. The van der Waals surface area contributed by atoms with E-state index < -0.39 is 0 Å². The van der Waals surface area contributed by atoms with Crippen LogP contribution in [0.4, 0.5) is 0 Å². The summed E-state index contributed by atoms with van der Waals surface area (Å²) < 4.78 is 5.68. The van der Waals surface area contributed by atoms with Gasteiger partial charge in [0.15, 0.2) is 0 Å². The molecule has 0 aromatic heterocycles. The molecule has 0 amide bonds. The lowest BCUT2D eigenvalue weighted by Crippen LogP contribution is -2.27. The number of hydrogen-bond donors (Lipinski definition) is 1. The van der Waals surface area contributed by atoms with Crippen LogP contribution < -0.4 is 0 Å². The number of ether oxygens (including phenoxy) is 1. The fourth-order valence-electron chi connectivity index (χ4n) is 2.79. The number of benzene rings is 1. The highest BCUT2D eigenvalue weighted by Crippen LogP contribution is 2.25. The third-order valence-electron chi connectivity index (χ3n) is 4.09. The van der Waals surface area contributed by atoms with Gasteiger partial charge in [-0.15, -0.1) is 11.8 Å². The summed E-state index contributed by atoms with van der Waals surface area (Å²) >= 11 is 1.63. The highest BCUT2D eigenvalue weighted by atomic mass is 32.2. The molecular formula is C18H26O3S. The number of aliphatic hydroxyl groups excluding tert-OH is 1. The van der Waals surface area contributed by atoms with Gasteiger partial charge in [0.05, 0.1) is 6.61 Å². The molecule has 0 aliphatic heterocycles. The Morgan fingerprint density at radius 1 is 1.32 bits per heavy atom. The number of aliphatic hydroxyl groups is 1. The van der Waals surface area contributed by atoms with Crippen LogP contribution in [0.25, 0.3) is 0 Å². The van der Waals surface area contributed by atoms with Gasteiger partial charge in [0, 0.05) is 5.75 Å². The third kappa shape index (κ3) is 5.33. The van der Waals surface area contributed by atoms with Crippen LogP contribution in [0.1, 0.15) is 56.6 Å². The van der Waals surface area contributed by atoms with E-state index in [9.17, 15) is 9.90 Å². The molecule has 1 atom stereocenters. The smallest absolute Gasteiger partial charge is 0.319 e. The summed E-state index contributed by atoms with van der Waals surface area (Å²) in [7, 11) is 0. The Morgan fingerprint density at radius 3 is 2.73 bits per heavy atom. The van der Waals surface area contributed by atoms with Crippen LogP contribution in [0.3, 0.4) is 0 Å². The lowest BCUT2D eigenvalue weighted by atomic mass is 9.98. The average Bonchev–Trinajstić information content (AvgIpc) is 2.56. The third-order valence-corrected chi connectivity index (χ3v) is 5.52. The normalized spacial score (nSPS) is 17.2. The van der Waals surface area contributed by atoms with Crippen molar-refractivity contribution in [2.45, 2.75) is 69.2 Å². The van der Waals surface area contributed by atoms with Gasteiger partial charge in [-0.25, -0.2) is 0 Å². The second-order valence-corrected chi connectivity index (χ2v) is 7.07. The Bertz CT molecular complexity index is 469. The van der Waals surface area contributed by atoms with E-state index in [1.807, 2.05) is 31.2 Å². The zero-order valence-electron chi connectivity index (χ0n) is 13.3. The maximum absolute atomic E-state index is 12.3. The van der Waals surface area contributed by atoms with E-state index in [1.54, 1.807) is 11.8 Å². The van der Waals surface area contributed by atoms with Crippen LogP contribution >= 0.6 is 11.8 Å². The molecule has 1 aromatic carbocycles. The molecule has 1 unspecified atom stereocenters. The molecule has 0 saturated heterocycles. The minimum Gasteiger partial charge on any atom is -0.462 e. The Hall–Kier alpha value is -1.00. The predicted octanol–water partition coefficient (Wildman–Crippen LogP) is 4.07. The Kier molecular flexibility index (Phi) is 7.26. The van der Waals surface area contributed by atoms with Gasteiger partial charge in [-0.1, -0.05) is 37.6 Å². The lowest BCUT2D eigenvalue weighted by molar-refractivity contribution is -0.149. The summed E-state index contributed by atoms with van der Waals surface area (Å²) in [6.07, 6.45) is 6.58. The molecule has 0 spiro atoms. The number of carbonyl (C=O) groups is 1. The Balaban J connectivity index is 1.83. The van der Waals surface area contributed by atoms with Crippen LogP contribution in [0.2, 0.25) is 0 Å². The maximum Gasteiger partial charge on any atom is 0.319 e. The van der Waals surface area contributed by atoms with E-state index in [0.717, 1.165) is 36.1 Å². The Morgan fingerprint density at radius 2 is 2.05 bits per heavy atom. The number of carbonyl (C=O) groups excluding carboxylic acids is 1. The number of esters is 1. The molecule has 1 saturated carbocycles. The average molecular weight is 322 g/mol. The van der Waals surface area contributed by atoms with Gasteiger partial charge in [0.1, 0.15) is 11.4 Å². The fraction of sp³-hybridized carbons (Fsp3) is 0.611. The molecular weight excluding hydrogens is 296 g/mol. The van der Waals surface area contributed by atoms with Crippen molar-refractivity contribution in [1.82, 2.24) is 0 Å². The molecule has 4 heteroatoms. The minimum atomic E-state index is -0.0975. The topological polar surface area (TPSA) is 46.5 Å². The quantitative estimate of drug-likeness (QED) is 0.769. The summed E-state index contributed by atoms with van der Waals surface area (Å²) in [6, 6.07) is 7.88. The van der Waals surface area contributed by atoms with Crippen LogP contribution in [0.15, 0.2) is 24.3 Å². The van der Waals surface area contributed by atoms with Gasteiger partial charge in [0.25, 0.3) is 0 Å². The number of thioether (sulfide) groups is 1. The summed E-state index contributed by atoms with van der Waals surface area (Å²) in [6.45, 7) is 2.09. The van der Waals surface area contributed by atoms with Crippen molar-refractivity contribution in [2.75, 3.05) is 0 Å². The van der Waals surface area contributed by atoms with Gasteiger partial charge in [0.2, 0.25) is 0 Å². The summed E-state index contributed by atoms with van der Waals surface area (Å²) in [5.41, 5.74) is 2.05. The van der Waals surface area contributed by atoms with Crippen LogP contribution in [0.5, 0.6) is 0 Å². The summed E-state index contributed by atoms with van der Waals surface area (Å²) in [5.74, 6) is 0.712. The van der Waals surface area contributed by atoms with Gasteiger partial charge in [-0.3, -0.25) is 4.79 Å². The first-order valence-electron chi connectivity index (χ1n) is 8.23. The zero-order chi connectivity index (χ0) is 15.8. The van der Waals surface area contributed by atoms with Gasteiger partial charge >= 0.3 is 5.97 Å². The van der Waals surface area contributed by atoms with E-state index in [4.69, 9.17) is 4.74 Å². The fourth-order valence-corrected chi connectivity index (χ4v) is 3.79. The zero-order valence-corrected chi connectivity index (χ0v) is 14.1. The molecule has 1 aliphatic rings. The number of hydrogen-bond acceptors (Lipinski definition) is 4. The summed E-state index contributed by atoms with van der Waals surface area (Å²) in [5, 5.41) is 9.08. The molecule has 122 valence electrons. The largest absolute Gasteiger partial charge is 0.462 e. The van der Waals surface area contributed by atoms with Crippen molar-refractivity contribution in [1.29, 1.82) is 0 Å². The van der Waals surface area contributed by atoms with Crippen molar-refractivity contribution in [3.63, 3.8) is 0 Å². The highest BCUT2D eigenvalue weighted by molar-refractivity contribution is 7.99. The minimum absolute atomic E-state index is 0.0550. The Labute approximate surface area is 137 Å². The lowest BCUT2D eigenvalue weighted by Gasteiger charge is -2.24. The molecule has 1 aliphatic carbocycles. The van der Waals surface area contributed by atoms with Crippen LogP contribution in [-0.4, -0.2) is 22.4 Å². The highest BCUT2D eigenvalue weighted by Gasteiger charge is 2.23. The van der Waals surface area contributed by atoms with E-state index in [0.29, 0.717) is 0 Å². The second-order valence-electron chi connectivity index (χ2n) is 5.88. The van der Waals surface area contributed by atoms with Crippen molar-refractivity contribution in [3.05, 3.63) is 35.4 Å². The molecule has 1 aromatic rings. The van der Waals surface area contributed by atoms with Gasteiger partial charge in [-0.2, -0.15) is 0 Å². The van der Waals surface area contributed by atoms with E-state index in [-0.39, 0.29) is 23.9 Å². The maximum atomic E-state index is 12.3. The van der Waals surface area contributed by atoms with Gasteiger partial charge < -0.3 is 9.84 Å². The molecule has 2 rings (SSSR count).